The average Bonchev–Trinajstić information content (AvgIpc) is 3.26. The van der Waals surface area contributed by atoms with Crippen molar-refractivity contribution in [2.45, 2.75) is 25.4 Å². The molecule has 2 heterocycles. The molecule has 7 nitrogen and oxygen atoms in total. The lowest BCUT2D eigenvalue weighted by Crippen LogP contribution is -2.40. The van der Waals surface area contributed by atoms with Crippen molar-refractivity contribution in [3.05, 3.63) is 60.1 Å². The maximum absolute atomic E-state index is 12.9. The van der Waals surface area contributed by atoms with Crippen LogP contribution in [0.4, 0.5) is 4.79 Å². The molecule has 1 aliphatic heterocycles. The first-order valence-electron chi connectivity index (χ1n) is 8.86. The Hall–Kier alpha value is -3.09. The molecule has 1 fully saturated rings. The summed E-state index contributed by atoms with van der Waals surface area (Å²) in [6.07, 6.45) is 2.22. The van der Waals surface area contributed by atoms with Crippen molar-refractivity contribution in [1.29, 1.82) is 0 Å². The van der Waals surface area contributed by atoms with E-state index in [-0.39, 0.29) is 24.3 Å². The summed E-state index contributed by atoms with van der Waals surface area (Å²) in [5, 5.41) is 0. The van der Waals surface area contributed by atoms with Crippen LogP contribution in [0, 0.1) is 0 Å². The van der Waals surface area contributed by atoms with Crippen molar-refractivity contribution in [1.82, 2.24) is 14.7 Å². The SMILES string of the molecule is CN1C(=O)[C@@H](CC(=O)N(CCc2ccccc2)Cc2ccco2)N(C)C1=O. The van der Waals surface area contributed by atoms with Gasteiger partial charge in [0.1, 0.15) is 11.8 Å². The van der Waals surface area contributed by atoms with Crippen LogP contribution in [-0.2, 0) is 22.6 Å². The highest BCUT2D eigenvalue weighted by Crippen LogP contribution is 2.19. The number of hydrogen-bond acceptors (Lipinski definition) is 4. The Bertz CT molecular complexity index is 804. The highest BCUT2D eigenvalue weighted by atomic mass is 16.3. The topological polar surface area (TPSA) is 74.1 Å². The molecule has 0 N–H and O–H groups in total. The van der Waals surface area contributed by atoms with E-state index >= 15 is 0 Å². The summed E-state index contributed by atoms with van der Waals surface area (Å²) in [6, 6.07) is 12.3. The van der Waals surface area contributed by atoms with Gasteiger partial charge >= 0.3 is 6.03 Å². The Morgan fingerprint density at radius 1 is 1.11 bits per heavy atom. The maximum Gasteiger partial charge on any atom is 0.326 e. The van der Waals surface area contributed by atoms with E-state index < -0.39 is 6.04 Å². The second-order valence-electron chi connectivity index (χ2n) is 6.64. The van der Waals surface area contributed by atoms with Crippen LogP contribution in [0.3, 0.4) is 0 Å². The van der Waals surface area contributed by atoms with E-state index in [0.717, 1.165) is 10.5 Å². The van der Waals surface area contributed by atoms with Gasteiger partial charge in [0.15, 0.2) is 0 Å². The van der Waals surface area contributed by atoms with Crippen molar-refractivity contribution in [2.75, 3.05) is 20.6 Å². The second kappa shape index (κ2) is 8.07. The molecule has 0 bridgehead atoms. The normalized spacial score (nSPS) is 16.9. The zero-order valence-electron chi connectivity index (χ0n) is 15.5. The molecule has 0 spiro atoms. The van der Waals surface area contributed by atoms with E-state index in [2.05, 4.69) is 0 Å². The molecule has 1 aromatic carbocycles. The van der Waals surface area contributed by atoms with Crippen molar-refractivity contribution in [2.24, 2.45) is 0 Å². The van der Waals surface area contributed by atoms with Crippen LogP contribution >= 0.6 is 0 Å². The molecule has 1 atom stereocenters. The van der Waals surface area contributed by atoms with Gasteiger partial charge in [-0.2, -0.15) is 0 Å². The number of imide groups is 1. The predicted molar refractivity (Wildman–Crippen MR) is 98.6 cm³/mol. The fourth-order valence-electron chi connectivity index (χ4n) is 3.16. The number of hydrogen-bond donors (Lipinski definition) is 0. The zero-order chi connectivity index (χ0) is 19.4. The Kier molecular flexibility index (Phi) is 5.59. The van der Waals surface area contributed by atoms with E-state index in [1.807, 2.05) is 36.4 Å². The molecular weight excluding hydrogens is 346 g/mol. The minimum atomic E-state index is -0.758. The van der Waals surface area contributed by atoms with Gasteiger partial charge in [0.2, 0.25) is 5.91 Å². The van der Waals surface area contributed by atoms with E-state index in [9.17, 15) is 14.4 Å². The van der Waals surface area contributed by atoms with Crippen LogP contribution in [0.25, 0.3) is 0 Å². The first kappa shape index (κ1) is 18.7. The number of rotatable bonds is 7. The van der Waals surface area contributed by atoms with Gasteiger partial charge < -0.3 is 14.2 Å². The third-order valence-corrected chi connectivity index (χ3v) is 4.83. The monoisotopic (exact) mass is 369 g/mol. The van der Waals surface area contributed by atoms with Gasteiger partial charge in [-0.05, 0) is 24.1 Å². The van der Waals surface area contributed by atoms with Gasteiger partial charge in [-0.3, -0.25) is 14.5 Å². The van der Waals surface area contributed by atoms with Gasteiger partial charge in [-0.15, -0.1) is 0 Å². The van der Waals surface area contributed by atoms with E-state index in [1.165, 1.54) is 11.9 Å². The molecule has 142 valence electrons. The third kappa shape index (κ3) is 4.19. The van der Waals surface area contributed by atoms with Crippen molar-refractivity contribution in [3.8, 4) is 0 Å². The molecule has 7 heteroatoms. The molecule has 0 aliphatic carbocycles. The highest BCUT2D eigenvalue weighted by Gasteiger charge is 2.42. The largest absolute Gasteiger partial charge is 0.467 e. The average molecular weight is 369 g/mol. The summed E-state index contributed by atoms with van der Waals surface area (Å²) >= 11 is 0. The van der Waals surface area contributed by atoms with Crippen LogP contribution in [-0.4, -0.2) is 59.2 Å². The van der Waals surface area contributed by atoms with E-state index in [4.69, 9.17) is 4.42 Å². The van der Waals surface area contributed by atoms with Gasteiger partial charge in [-0.1, -0.05) is 30.3 Å². The molecular formula is C20H23N3O4. The first-order valence-corrected chi connectivity index (χ1v) is 8.86. The third-order valence-electron chi connectivity index (χ3n) is 4.83. The second-order valence-corrected chi connectivity index (χ2v) is 6.64. The van der Waals surface area contributed by atoms with Gasteiger partial charge in [0.05, 0.1) is 19.2 Å². The summed E-state index contributed by atoms with van der Waals surface area (Å²) in [5.74, 6) is 0.142. The standard InChI is InChI=1S/C20H23N3O4/c1-21-17(19(25)22(2)20(21)26)13-18(24)23(14-16-9-6-12-27-16)11-10-15-7-4-3-5-8-15/h3-9,12,17H,10-11,13-14H2,1-2H3/t17-/m1/s1. The summed E-state index contributed by atoms with van der Waals surface area (Å²) in [5.41, 5.74) is 1.12. The Balaban J connectivity index is 1.70. The lowest BCUT2D eigenvalue weighted by Gasteiger charge is -2.24. The van der Waals surface area contributed by atoms with Crippen molar-refractivity contribution >= 4 is 17.8 Å². The molecule has 0 unspecified atom stereocenters. The molecule has 2 aromatic rings. The number of urea groups is 1. The fourth-order valence-corrected chi connectivity index (χ4v) is 3.16. The van der Waals surface area contributed by atoms with Gasteiger partial charge in [0.25, 0.3) is 5.91 Å². The number of carbonyl (C=O) groups is 3. The summed E-state index contributed by atoms with van der Waals surface area (Å²) in [7, 11) is 2.98. The smallest absolute Gasteiger partial charge is 0.326 e. The van der Waals surface area contributed by atoms with Gasteiger partial charge in [-0.25, -0.2) is 4.79 Å². The fraction of sp³-hybridized carbons (Fsp3) is 0.350. The number of amides is 4. The van der Waals surface area contributed by atoms with Crippen LogP contribution in [0.2, 0.25) is 0 Å². The Morgan fingerprint density at radius 2 is 1.85 bits per heavy atom. The van der Waals surface area contributed by atoms with E-state index in [0.29, 0.717) is 25.3 Å². The molecule has 3 rings (SSSR count). The van der Waals surface area contributed by atoms with Crippen LogP contribution in [0.5, 0.6) is 0 Å². The molecule has 27 heavy (non-hydrogen) atoms. The summed E-state index contributed by atoms with van der Waals surface area (Å²) in [4.78, 5) is 41.2. The molecule has 0 saturated carbocycles. The predicted octanol–water partition coefficient (Wildman–Crippen LogP) is 2.13. The molecule has 4 amide bonds. The van der Waals surface area contributed by atoms with Crippen molar-refractivity contribution in [3.63, 3.8) is 0 Å². The minimum Gasteiger partial charge on any atom is -0.467 e. The number of carbonyl (C=O) groups excluding carboxylic acids is 3. The zero-order valence-corrected chi connectivity index (χ0v) is 15.5. The molecule has 0 radical (unpaired) electrons. The van der Waals surface area contributed by atoms with E-state index in [1.54, 1.807) is 24.3 Å². The van der Waals surface area contributed by atoms with Crippen LogP contribution < -0.4 is 0 Å². The van der Waals surface area contributed by atoms with Crippen LogP contribution in [0.15, 0.2) is 53.1 Å². The Morgan fingerprint density at radius 3 is 2.44 bits per heavy atom. The minimum absolute atomic E-state index is 0.0408. The number of furan rings is 1. The summed E-state index contributed by atoms with van der Waals surface area (Å²) in [6.45, 7) is 0.824. The highest BCUT2D eigenvalue weighted by molar-refractivity contribution is 6.05. The molecule has 1 aliphatic rings. The lowest BCUT2D eigenvalue weighted by molar-refractivity contribution is -0.137. The number of benzene rings is 1. The Labute approximate surface area is 158 Å². The quantitative estimate of drug-likeness (QED) is 0.701. The molecule has 1 saturated heterocycles. The maximum atomic E-state index is 12.9. The first-order chi connectivity index (χ1) is 13.0. The number of nitrogens with zero attached hydrogens (tertiary/aromatic N) is 3. The number of likely N-dealkylation sites (N-methyl/N-ethyl adjacent to an activating group) is 2. The summed E-state index contributed by atoms with van der Waals surface area (Å²) < 4.78 is 5.38. The molecule has 1 aromatic heterocycles. The van der Waals surface area contributed by atoms with Gasteiger partial charge in [0, 0.05) is 20.6 Å². The van der Waals surface area contributed by atoms with Crippen LogP contribution in [0.1, 0.15) is 17.7 Å². The lowest BCUT2D eigenvalue weighted by atomic mass is 10.1. The van der Waals surface area contributed by atoms with Crippen molar-refractivity contribution < 1.29 is 18.8 Å².